The van der Waals surface area contributed by atoms with Gasteiger partial charge in [-0.05, 0) is 18.1 Å². The molecule has 0 aliphatic carbocycles. The molecule has 0 aliphatic heterocycles. The van der Waals surface area contributed by atoms with Gasteiger partial charge in [0.25, 0.3) is 5.91 Å². The van der Waals surface area contributed by atoms with Crippen LogP contribution >= 0.6 is 0 Å². The highest BCUT2D eigenvalue weighted by Crippen LogP contribution is 1.99. The van der Waals surface area contributed by atoms with Crippen molar-refractivity contribution >= 4 is 11.9 Å². The first-order valence-corrected chi connectivity index (χ1v) is 5.14. The Labute approximate surface area is 99.1 Å². The highest BCUT2D eigenvalue weighted by molar-refractivity contribution is 6.00. The lowest BCUT2D eigenvalue weighted by Crippen LogP contribution is -2.47. The van der Waals surface area contributed by atoms with Crippen LogP contribution in [0.5, 0.6) is 0 Å². The minimum atomic E-state index is -1.49. The van der Waals surface area contributed by atoms with E-state index in [1.54, 1.807) is 18.5 Å². The van der Waals surface area contributed by atoms with Gasteiger partial charge in [0.2, 0.25) is 0 Å². The van der Waals surface area contributed by atoms with Crippen molar-refractivity contribution in [1.82, 2.24) is 9.88 Å². The monoisotopic (exact) mass is 237 g/mol. The molecule has 0 radical (unpaired) electrons. The van der Waals surface area contributed by atoms with Crippen molar-refractivity contribution in [1.29, 1.82) is 0 Å². The Hall–Kier alpha value is -1.95. The van der Waals surface area contributed by atoms with E-state index >= 15 is 0 Å². The van der Waals surface area contributed by atoms with E-state index in [2.05, 4.69) is 4.98 Å². The first kappa shape index (κ1) is 13.1. The number of carboxylic acid groups (broad SMARTS) is 1. The maximum absolute atomic E-state index is 11.5. The molecule has 6 heteroatoms. The van der Waals surface area contributed by atoms with Gasteiger partial charge in [0.1, 0.15) is 0 Å². The summed E-state index contributed by atoms with van der Waals surface area (Å²) in [6, 6.07) is 2.21. The minimum absolute atomic E-state index is 0.408. The van der Waals surface area contributed by atoms with E-state index in [1.807, 2.05) is 6.07 Å². The van der Waals surface area contributed by atoms with Crippen LogP contribution in [0.15, 0.2) is 24.5 Å². The normalized spacial score (nSPS) is 11.9. The molecule has 1 heterocycles. The number of likely N-dealkylation sites (N-methyl/N-ethyl adjacent to an activating group) is 1. The largest absolute Gasteiger partial charge is 0.480 e. The Morgan fingerprint density at radius 1 is 1.59 bits per heavy atom. The molecule has 17 heavy (non-hydrogen) atoms. The van der Waals surface area contributed by atoms with Crippen molar-refractivity contribution in [3.8, 4) is 0 Å². The number of rotatable bonds is 5. The van der Waals surface area contributed by atoms with Crippen LogP contribution < -0.4 is 5.73 Å². The molecule has 1 rings (SSSR count). The first-order valence-electron chi connectivity index (χ1n) is 5.14. The number of pyridine rings is 1. The zero-order chi connectivity index (χ0) is 12.8. The highest BCUT2D eigenvalue weighted by atomic mass is 16.4. The van der Waals surface area contributed by atoms with Gasteiger partial charge in [-0.2, -0.15) is 0 Å². The first-order chi connectivity index (χ1) is 8.02. The molecule has 6 nitrogen and oxygen atoms in total. The lowest BCUT2D eigenvalue weighted by atomic mass is 10.2. The summed E-state index contributed by atoms with van der Waals surface area (Å²) in [6.45, 7) is 0.408. The molecule has 1 unspecified atom stereocenters. The molecule has 0 saturated heterocycles. The fraction of sp³-hybridized carbons (Fsp3) is 0.364. The quantitative estimate of drug-likeness (QED) is 0.673. The molecule has 0 saturated carbocycles. The molecule has 92 valence electrons. The predicted molar refractivity (Wildman–Crippen MR) is 61.2 cm³/mol. The van der Waals surface area contributed by atoms with Gasteiger partial charge >= 0.3 is 5.97 Å². The SMILES string of the molecule is CN(CCc1cccnc1)C(=O)C(N)C(=O)O. The van der Waals surface area contributed by atoms with Crippen LogP contribution in [0, 0.1) is 0 Å². The molecule has 0 aliphatic rings. The Balaban J connectivity index is 2.47. The molecule has 0 fully saturated rings. The third-order valence-corrected chi connectivity index (χ3v) is 2.37. The van der Waals surface area contributed by atoms with E-state index in [0.717, 1.165) is 5.56 Å². The maximum atomic E-state index is 11.5. The Kier molecular flexibility index (Phi) is 4.59. The van der Waals surface area contributed by atoms with E-state index in [1.165, 1.54) is 11.9 Å². The average molecular weight is 237 g/mol. The van der Waals surface area contributed by atoms with Crippen molar-refractivity contribution in [3.63, 3.8) is 0 Å². The van der Waals surface area contributed by atoms with Gasteiger partial charge in [0, 0.05) is 26.0 Å². The predicted octanol–water partition coefficient (Wildman–Crippen LogP) is -0.506. The van der Waals surface area contributed by atoms with Gasteiger partial charge in [0.15, 0.2) is 6.04 Å². The molecule has 1 aromatic heterocycles. The van der Waals surface area contributed by atoms with E-state index in [0.29, 0.717) is 13.0 Å². The van der Waals surface area contributed by atoms with Gasteiger partial charge in [-0.1, -0.05) is 6.07 Å². The number of nitrogens with two attached hydrogens (primary N) is 1. The summed E-state index contributed by atoms with van der Waals surface area (Å²) in [5.74, 6) is -1.91. The summed E-state index contributed by atoms with van der Waals surface area (Å²) in [4.78, 5) is 27.3. The second-order valence-corrected chi connectivity index (χ2v) is 3.69. The number of carbonyl (C=O) groups is 2. The van der Waals surface area contributed by atoms with Crippen LogP contribution in [0.3, 0.4) is 0 Å². The number of aromatic nitrogens is 1. The second-order valence-electron chi connectivity index (χ2n) is 3.69. The van der Waals surface area contributed by atoms with E-state index in [9.17, 15) is 9.59 Å². The summed E-state index contributed by atoms with van der Waals surface area (Å²) in [5, 5.41) is 8.60. The maximum Gasteiger partial charge on any atom is 0.330 e. The van der Waals surface area contributed by atoms with Gasteiger partial charge in [0.05, 0.1) is 0 Å². The van der Waals surface area contributed by atoms with Crippen molar-refractivity contribution in [3.05, 3.63) is 30.1 Å². The molecule has 0 spiro atoms. The number of hydrogen-bond donors (Lipinski definition) is 2. The fourth-order valence-corrected chi connectivity index (χ4v) is 1.30. The van der Waals surface area contributed by atoms with E-state index in [-0.39, 0.29) is 0 Å². The second kappa shape index (κ2) is 5.95. The summed E-state index contributed by atoms with van der Waals surface area (Å²) in [7, 11) is 1.53. The Bertz CT molecular complexity index is 394. The third kappa shape index (κ3) is 3.84. The number of nitrogens with zero attached hydrogens (tertiary/aromatic N) is 2. The standard InChI is InChI=1S/C11H15N3O3/c1-14(10(15)9(12)11(16)17)6-4-8-3-2-5-13-7-8/h2-3,5,7,9H,4,6,12H2,1H3,(H,16,17). The molecule has 3 N–H and O–H groups in total. The third-order valence-electron chi connectivity index (χ3n) is 2.37. The van der Waals surface area contributed by atoms with Gasteiger partial charge in [-0.15, -0.1) is 0 Å². The highest BCUT2D eigenvalue weighted by Gasteiger charge is 2.24. The average Bonchev–Trinajstić information content (AvgIpc) is 2.35. The van der Waals surface area contributed by atoms with Crippen LogP contribution in [-0.4, -0.2) is 46.5 Å². The summed E-state index contributed by atoms with van der Waals surface area (Å²) in [5.41, 5.74) is 6.21. The number of hydrogen-bond acceptors (Lipinski definition) is 4. The smallest absolute Gasteiger partial charge is 0.330 e. The van der Waals surface area contributed by atoms with E-state index < -0.39 is 17.9 Å². The Morgan fingerprint density at radius 2 is 2.29 bits per heavy atom. The molecule has 0 bridgehead atoms. The van der Waals surface area contributed by atoms with Gasteiger partial charge in [-0.3, -0.25) is 9.78 Å². The number of aliphatic carboxylic acids is 1. The number of carboxylic acids is 1. The zero-order valence-electron chi connectivity index (χ0n) is 9.54. The van der Waals surface area contributed by atoms with Crippen LogP contribution in [0.25, 0.3) is 0 Å². The van der Waals surface area contributed by atoms with Crippen LogP contribution in [-0.2, 0) is 16.0 Å². The molecule has 0 aromatic carbocycles. The molecule has 1 atom stereocenters. The van der Waals surface area contributed by atoms with Gasteiger partial charge in [-0.25, -0.2) is 4.79 Å². The summed E-state index contributed by atoms with van der Waals surface area (Å²) in [6.07, 6.45) is 3.98. The molecular formula is C11H15N3O3. The van der Waals surface area contributed by atoms with Crippen molar-refractivity contribution in [2.75, 3.05) is 13.6 Å². The lowest BCUT2D eigenvalue weighted by Gasteiger charge is -2.19. The topological polar surface area (TPSA) is 96.5 Å². The number of carbonyl (C=O) groups excluding carboxylic acids is 1. The van der Waals surface area contributed by atoms with E-state index in [4.69, 9.17) is 10.8 Å². The van der Waals surface area contributed by atoms with Crippen molar-refractivity contribution in [2.45, 2.75) is 12.5 Å². The summed E-state index contributed by atoms with van der Waals surface area (Å²) >= 11 is 0. The van der Waals surface area contributed by atoms with Crippen LogP contribution in [0.4, 0.5) is 0 Å². The van der Waals surface area contributed by atoms with Crippen molar-refractivity contribution in [2.24, 2.45) is 5.73 Å². The Morgan fingerprint density at radius 3 is 2.82 bits per heavy atom. The zero-order valence-corrected chi connectivity index (χ0v) is 9.54. The molecule has 1 aromatic rings. The summed E-state index contributed by atoms with van der Waals surface area (Å²) < 4.78 is 0. The fourth-order valence-electron chi connectivity index (χ4n) is 1.30. The number of amides is 1. The van der Waals surface area contributed by atoms with Crippen LogP contribution in [0.2, 0.25) is 0 Å². The molecule has 1 amide bonds. The minimum Gasteiger partial charge on any atom is -0.480 e. The van der Waals surface area contributed by atoms with Crippen molar-refractivity contribution < 1.29 is 14.7 Å². The van der Waals surface area contributed by atoms with Gasteiger partial charge < -0.3 is 15.7 Å². The van der Waals surface area contributed by atoms with Crippen LogP contribution in [0.1, 0.15) is 5.56 Å². The lowest BCUT2D eigenvalue weighted by molar-refractivity contribution is -0.145. The molecular weight excluding hydrogens is 222 g/mol.